The fourth-order valence-electron chi connectivity index (χ4n) is 5.96. The number of carbonyl (C=O) groups is 3. The number of nitrogens with one attached hydrogen (secondary N) is 1. The molecule has 1 aliphatic heterocycles. The van der Waals surface area contributed by atoms with Crippen LogP contribution in [0.4, 0.5) is 5.69 Å². The van der Waals surface area contributed by atoms with E-state index in [-0.39, 0.29) is 0 Å². The molecule has 3 amide bonds. The summed E-state index contributed by atoms with van der Waals surface area (Å²) >= 11 is 14.8. The van der Waals surface area contributed by atoms with E-state index in [0.29, 0.717) is 11.4 Å². The molecule has 1 N–H and O–H groups in total. The molecule has 1 saturated heterocycles. The first-order chi connectivity index (χ1) is 16.8. The van der Waals surface area contributed by atoms with Crippen molar-refractivity contribution in [2.24, 2.45) is 11.8 Å². The summed E-state index contributed by atoms with van der Waals surface area (Å²) in [5, 5.41) is 2.73. The number of alkyl halides is 2. The van der Waals surface area contributed by atoms with Crippen LogP contribution in [0.15, 0.2) is 72.8 Å². The van der Waals surface area contributed by atoms with Crippen molar-refractivity contribution < 1.29 is 19.1 Å². The molecule has 8 heteroatoms. The van der Waals surface area contributed by atoms with Gasteiger partial charge in [0.25, 0.3) is 0 Å². The number of imide groups is 1. The largest absolute Gasteiger partial charge is 0.495 e. The minimum absolute atomic E-state index is 0.444. The fourth-order valence-corrected chi connectivity index (χ4v) is 7.06. The van der Waals surface area contributed by atoms with Gasteiger partial charge in [-0.15, -0.1) is 23.2 Å². The monoisotopic (exact) mass is 506 g/mol. The maximum atomic E-state index is 13.8. The Morgan fingerprint density at radius 2 is 1.26 bits per heavy atom. The highest BCUT2D eigenvalue weighted by Crippen LogP contribution is 2.69. The molecule has 35 heavy (non-hydrogen) atoms. The van der Waals surface area contributed by atoms with E-state index in [4.69, 9.17) is 27.9 Å². The molecule has 176 valence electrons. The number of likely N-dealkylation sites (tertiary alicyclic amines) is 1. The molecule has 3 aromatic rings. The smallest absolute Gasteiger partial charge is 0.244 e. The first-order valence-corrected chi connectivity index (χ1v) is 11.9. The number of halogens is 2. The second-order valence-electron chi connectivity index (χ2n) is 8.98. The molecule has 1 heterocycles. The molecule has 1 fully saturated rings. The molecule has 0 radical (unpaired) electrons. The molecule has 4 aliphatic rings. The highest BCUT2D eigenvalue weighted by atomic mass is 35.5. The van der Waals surface area contributed by atoms with Crippen molar-refractivity contribution in [1.82, 2.24) is 4.90 Å². The Hall–Kier alpha value is -3.35. The van der Waals surface area contributed by atoms with Gasteiger partial charge in [0, 0.05) is 0 Å². The van der Waals surface area contributed by atoms with Crippen molar-refractivity contribution in [3.05, 3.63) is 95.1 Å². The Bertz CT molecular complexity index is 1300. The normalized spacial score (nSPS) is 27.8. The average molecular weight is 507 g/mol. The second-order valence-corrected chi connectivity index (χ2v) is 10.2. The van der Waals surface area contributed by atoms with E-state index in [1.807, 2.05) is 48.5 Å². The summed E-state index contributed by atoms with van der Waals surface area (Å²) in [4.78, 5) is 38.9. The lowest BCUT2D eigenvalue weighted by Gasteiger charge is -2.54. The molecular weight excluding hydrogens is 487 g/mol. The fraction of sp³-hybridized carbons (Fsp3) is 0.222. The van der Waals surface area contributed by atoms with Crippen LogP contribution in [-0.4, -0.2) is 36.3 Å². The predicted molar refractivity (Wildman–Crippen MR) is 131 cm³/mol. The first-order valence-electron chi connectivity index (χ1n) is 11.2. The number of hydrogen-bond donors (Lipinski definition) is 1. The number of amides is 3. The van der Waals surface area contributed by atoms with Crippen LogP contribution in [0.5, 0.6) is 5.75 Å². The van der Waals surface area contributed by atoms with Crippen LogP contribution in [0.1, 0.15) is 22.3 Å². The van der Waals surface area contributed by atoms with Crippen molar-refractivity contribution in [1.29, 1.82) is 0 Å². The van der Waals surface area contributed by atoms with E-state index in [1.54, 1.807) is 24.3 Å². The zero-order valence-electron chi connectivity index (χ0n) is 18.6. The van der Waals surface area contributed by atoms with E-state index in [1.165, 1.54) is 7.11 Å². The van der Waals surface area contributed by atoms with Crippen molar-refractivity contribution in [3.63, 3.8) is 0 Å². The zero-order chi connectivity index (χ0) is 24.5. The van der Waals surface area contributed by atoms with E-state index >= 15 is 0 Å². The number of benzene rings is 3. The summed E-state index contributed by atoms with van der Waals surface area (Å²) in [6.07, 6.45) is 0. The van der Waals surface area contributed by atoms with E-state index in [2.05, 4.69) is 5.32 Å². The van der Waals surface area contributed by atoms with Gasteiger partial charge in [0.2, 0.25) is 17.7 Å². The molecule has 7 rings (SSSR count). The first kappa shape index (κ1) is 22.1. The molecular formula is C27H20Cl2N2O4. The minimum Gasteiger partial charge on any atom is -0.495 e. The number of methoxy groups -OCH3 is 1. The molecule has 0 saturated carbocycles. The van der Waals surface area contributed by atoms with Crippen LogP contribution < -0.4 is 10.1 Å². The maximum Gasteiger partial charge on any atom is 0.244 e. The Morgan fingerprint density at radius 3 is 1.71 bits per heavy atom. The Morgan fingerprint density at radius 1 is 0.829 bits per heavy atom. The van der Waals surface area contributed by atoms with Gasteiger partial charge in [0.05, 0.1) is 24.6 Å². The van der Waals surface area contributed by atoms with E-state index < -0.39 is 45.9 Å². The number of nitrogens with zero attached hydrogens (tertiary/aromatic N) is 1. The van der Waals surface area contributed by atoms with Crippen molar-refractivity contribution in [3.8, 4) is 5.75 Å². The molecule has 0 unspecified atom stereocenters. The highest BCUT2D eigenvalue weighted by Gasteiger charge is 2.73. The highest BCUT2D eigenvalue weighted by molar-refractivity contribution is 6.36. The van der Waals surface area contributed by atoms with Gasteiger partial charge >= 0.3 is 0 Å². The predicted octanol–water partition coefficient (Wildman–Crippen LogP) is 4.23. The Labute approximate surface area is 211 Å². The number of anilines is 1. The third-order valence-corrected chi connectivity index (χ3v) is 8.64. The van der Waals surface area contributed by atoms with Gasteiger partial charge in [0.15, 0.2) is 0 Å². The van der Waals surface area contributed by atoms with Crippen LogP contribution in [-0.2, 0) is 24.1 Å². The summed E-state index contributed by atoms with van der Waals surface area (Å²) in [5.74, 6) is -2.92. The molecule has 3 aliphatic carbocycles. The molecule has 6 nitrogen and oxygen atoms in total. The van der Waals surface area contributed by atoms with Gasteiger partial charge in [0.1, 0.15) is 22.0 Å². The molecule has 2 atom stereocenters. The lowest BCUT2D eigenvalue weighted by atomic mass is 9.54. The van der Waals surface area contributed by atoms with Crippen LogP contribution >= 0.6 is 23.2 Å². The third kappa shape index (κ3) is 2.75. The molecule has 0 spiro atoms. The molecule has 2 bridgehead atoms. The summed E-state index contributed by atoms with van der Waals surface area (Å²) in [6, 6.07) is 21.7. The van der Waals surface area contributed by atoms with Crippen molar-refractivity contribution >= 4 is 46.6 Å². The third-order valence-electron chi connectivity index (χ3n) is 7.36. The second kappa shape index (κ2) is 7.57. The zero-order valence-corrected chi connectivity index (χ0v) is 20.1. The van der Waals surface area contributed by atoms with Crippen LogP contribution in [0.25, 0.3) is 0 Å². The SMILES string of the molecule is COc1ccccc1NC(=O)CN1C(=O)[C@H]2[C@H](C1=O)C1(Cl)c3ccccc3C2(Cl)c2ccccc21. The van der Waals surface area contributed by atoms with Crippen LogP contribution in [0.2, 0.25) is 0 Å². The summed E-state index contributed by atoms with van der Waals surface area (Å²) in [5.41, 5.74) is 3.33. The lowest BCUT2D eigenvalue weighted by molar-refractivity contribution is -0.142. The number of para-hydroxylation sites is 2. The van der Waals surface area contributed by atoms with Crippen molar-refractivity contribution in [2.75, 3.05) is 19.0 Å². The minimum atomic E-state index is -1.27. The topological polar surface area (TPSA) is 75.7 Å². The summed E-state index contributed by atoms with van der Waals surface area (Å²) < 4.78 is 5.27. The number of carbonyl (C=O) groups excluding carboxylic acids is 3. The summed E-state index contributed by atoms with van der Waals surface area (Å²) in [6.45, 7) is -0.449. The average Bonchev–Trinajstić information content (AvgIpc) is 3.13. The quantitative estimate of drug-likeness (QED) is 0.424. The Balaban J connectivity index is 1.41. The van der Waals surface area contributed by atoms with Gasteiger partial charge in [-0.3, -0.25) is 19.3 Å². The van der Waals surface area contributed by atoms with Gasteiger partial charge in [-0.05, 0) is 34.4 Å². The van der Waals surface area contributed by atoms with E-state index in [9.17, 15) is 14.4 Å². The molecule has 0 aromatic heterocycles. The number of rotatable bonds is 4. The molecule has 3 aromatic carbocycles. The lowest BCUT2D eigenvalue weighted by Crippen LogP contribution is -2.57. The van der Waals surface area contributed by atoms with Gasteiger partial charge < -0.3 is 10.1 Å². The number of hydrogen-bond acceptors (Lipinski definition) is 4. The van der Waals surface area contributed by atoms with Gasteiger partial charge in [-0.2, -0.15) is 0 Å². The maximum absolute atomic E-state index is 13.8. The Kier molecular flexibility index (Phi) is 4.79. The summed E-state index contributed by atoms with van der Waals surface area (Å²) in [7, 11) is 1.49. The van der Waals surface area contributed by atoms with Crippen LogP contribution in [0, 0.1) is 11.8 Å². The van der Waals surface area contributed by atoms with E-state index in [0.717, 1.165) is 27.2 Å². The number of ether oxygens (including phenoxy) is 1. The van der Waals surface area contributed by atoms with Gasteiger partial charge in [-0.25, -0.2) is 0 Å². The standard InChI is InChI=1S/C27H20Cl2N2O4/c1-35-20-13-7-6-12-19(20)30-21(32)14-31-24(33)22-23(25(31)34)27(29)16-9-3-2-8-15(16)26(22,28)17-10-4-5-11-18(17)27/h2-13,22-23H,14H2,1H3,(H,30,32)/t22-,23-,26?,27?/m1/s1. The van der Waals surface area contributed by atoms with Crippen LogP contribution in [0.3, 0.4) is 0 Å². The van der Waals surface area contributed by atoms with Crippen molar-refractivity contribution in [2.45, 2.75) is 9.75 Å². The van der Waals surface area contributed by atoms with Gasteiger partial charge in [-0.1, -0.05) is 60.7 Å².